The Morgan fingerprint density at radius 3 is 2.62 bits per heavy atom. The van der Waals surface area contributed by atoms with E-state index in [9.17, 15) is 9.59 Å². The van der Waals surface area contributed by atoms with Gasteiger partial charge in [0.05, 0.1) is 13.2 Å². The molecule has 0 saturated carbocycles. The molecule has 0 spiro atoms. The van der Waals surface area contributed by atoms with Crippen LogP contribution in [0.25, 0.3) is 11.2 Å². The van der Waals surface area contributed by atoms with Gasteiger partial charge in [-0.3, -0.25) is 13.9 Å². The van der Waals surface area contributed by atoms with Gasteiger partial charge in [-0.1, -0.05) is 0 Å². The maximum Gasteiger partial charge on any atom is 0.332 e. The fourth-order valence-electron chi connectivity index (χ4n) is 2.46. The topological polar surface area (TPSA) is 97.1 Å². The van der Waals surface area contributed by atoms with Crippen molar-refractivity contribution in [1.82, 2.24) is 18.7 Å². The van der Waals surface area contributed by atoms with Crippen molar-refractivity contribution < 1.29 is 4.74 Å². The zero-order chi connectivity index (χ0) is 15.7. The third-order valence-electron chi connectivity index (χ3n) is 3.65. The number of methoxy groups -OCH3 is 1. The summed E-state index contributed by atoms with van der Waals surface area (Å²) in [4.78, 5) is 29.1. The standard InChI is InChI=1S/C13H21N5O3/c1-8(7-14)18-9(2)15-11-10(18)12(19)16(3)13(20)17(11)5-6-21-4/h8H,5-7,14H2,1-4H3. The first-order valence-electron chi connectivity index (χ1n) is 6.81. The molecule has 0 aliphatic rings. The molecule has 0 fully saturated rings. The number of hydrogen-bond acceptors (Lipinski definition) is 5. The van der Waals surface area contributed by atoms with E-state index in [0.717, 1.165) is 4.57 Å². The fourth-order valence-corrected chi connectivity index (χ4v) is 2.46. The van der Waals surface area contributed by atoms with Gasteiger partial charge in [0.15, 0.2) is 11.2 Å². The van der Waals surface area contributed by atoms with Gasteiger partial charge in [-0.2, -0.15) is 0 Å². The average Bonchev–Trinajstić information content (AvgIpc) is 2.81. The Bertz CT molecular complexity index is 771. The van der Waals surface area contributed by atoms with Gasteiger partial charge in [0.25, 0.3) is 5.56 Å². The minimum Gasteiger partial charge on any atom is -0.383 e. The molecule has 0 saturated heterocycles. The normalized spacial score (nSPS) is 13.0. The third-order valence-corrected chi connectivity index (χ3v) is 3.65. The first kappa shape index (κ1) is 15.5. The molecule has 0 bridgehead atoms. The van der Waals surface area contributed by atoms with Gasteiger partial charge in [-0.25, -0.2) is 9.78 Å². The number of fused-ring (bicyclic) bond motifs is 1. The van der Waals surface area contributed by atoms with E-state index in [1.807, 2.05) is 6.92 Å². The Labute approximate surface area is 121 Å². The highest BCUT2D eigenvalue weighted by Gasteiger charge is 2.20. The lowest BCUT2D eigenvalue weighted by atomic mass is 10.3. The predicted octanol–water partition coefficient (Wildman–Crippen LogP) is -0.629. The first-order valence-corrected chi connectivity index (χ1v) is 6.81. The summed E-state index contributed by atoms with van der Waals surface area (Å²) in [7, 11) is 3.03. The minimum atomic E-state index is -0.394. The summed E-state index contributed by atoms with van der Waals surface area (Å²) in [6.07, 6.45) is 0. The molecule has 1 atom stereocenters. The second-order valence-corrected chi connectivity index (χ2v) is 5.08. The SMILES string of the molecule is COCCn1c(=O)n(C)c(=O)c2c1nc(C)n2C(C)CN. The molecule has 8 nitrogen and oxygen atoms in total. The van der Waals surface area contributed by atoms with Crippen LogP contribution in [0.1, 0.15) is 18.8 Å². The highest BCUT2D eigenvalue weighted by Crippen LogP contribution is 2.16. The van der Waals surface area contributed by atoms with Crippen LogP contribution < -0.4 is 17.0 Å². The fraction of sp³-hybridized carbons (Fsp3) is 0.615. The quantitative estimate of drug-likeness (QED) is 0.792. The summed E-state index contributed by atoms with van der Waals surface area (Å²) in [5, 5.41) is 0. The lowest BCUT2D eigenvalue weighted by molar-refractivity contribution is 0.186. The molecule has 0 aliphatic heterocycles. The summed E-state index contributed by atoms with van der Waals surface area (Å²) >= 11 is 0. The van der Waals surface area contributed by atoms with Crippen molar-refractivity contribution in [2.75, 3.05) is 20.3 Å². The van der Waals surface area contributed by atoms with Crippen molar-refractivity contribution >= 4 is 11.2 Å². The van der Waals surface area contributed by atoms with Crippen molar-refractivity contribution in [1.29, 1.82) is 0 Å². The van der Waals surface area contributed by atoms with E-state index < -0.39 is 5.69 Å². The zero-order valence-electron chi connectivity index (χ0n) is 12.8. The summed E-state index contributed by atoms with van der Waals surface area (Å²) in [6, 6.07) is -0.0731. The van der Waals surface area contributed by atoms with Crippen LogP contribution in [0.5, 0.6) is 0 Å². The Hall–Kier alpha value is -1.93. The Balaban J connectivity index is 2.88. The number of nitrogens with zero attached hydrogens (tertiary/aromatic N) is 4. The van der Waals surface area contributed by atoms with Gasteiger partial charge in [-0.15, -0.1) is 0 Å². The Morgan fingerprint density at radius 2 is 2.05 bits per heavy atom. The van der Waals surface area contributed by atoms with Gasteiger partial charge < -0.3 is 15.0 Å². The monoisotopic (exact) mass is 295 g/mol. The summed E-state index contributed by atoms with van der Waals surface area (Å²) < 4.78 is 9.38. The molecule has 2 heterocycles. The molecule has 0 amide bonds. The van der Waals surface area contributed by atoms with Gasteiger partial charge in [0, 0.05) is 26.7 Å². The van der Waals surface area contributed by atoms with Crippen LogP contribution in [0.2, 0.25) is 0 Å². The van der Waals surface area contributed by atoms with Crippen molar-refractivity contribution in [3.63, 3.8) is 0 Å². The Kier molecular flexibility index (Phi) is 4.29. The predicted molar refractivity (Wildman–Crippen MR) is 79.6 cm³/mol. The van der Waals surface area contributed by atoms with E-state index in [4.69, 9.17) is 10.5 Å². The molecule has 2 aromatic rings. The van der Waals surface area contributed by atoms with E-state index >= 15 is 0 Å². The van der Waals surface area contributed by atoms with Crippen LogP contribution in [-0.4, -0.2) is 38.9 Å². The smallest absolute Gasteiger partial charge is 0.332 e. The van der Waals surface area contributed by atoms with Crippen LogP contribution in [0.3, 0.4) is 0 Å². The van der Waals surface area contributed by atoms with Crippen LogP contribution in [-0.2, 0) is 18.3 Å². The number of aromatic nitrogens is 4. The molecule has 0 aromatic carbocycles. The van der Waals surface area contributed by atoms with Gasteiger partial charge >= 0.3 is 5.69 Å². The van der Waals surface area contributed by atoms with Gasteiger partial charge in [0.1, 0.15) is 5.82 Å². The molecule has 1 unspecified atom stereocenters. The number of nitrogens with two attached hydrogens (primary N) is 1. The molecule has 0 aliphatic carbocycles. The molecular formula is C13H21N5O3. The molecule has 21 heavy (non-hydrogen) atoms. The van der Waals surface area contributed by atoms with Crippen LogP contribution in [0.4, 0.5) is 0 Å². The summed E-state index contributed by atoms with van der Waals surface area (Å²) in [6.45, 7) is 4.81. The van der Waals surface area contributed by atoms with Crippen LogP contribution >= 0.6 is 0 Å². The van der Waals surface area contributed by atoms with E-state index in [1.54, 1.807) is 18.6 Å². The molecule has 2 aromatic heterocycles. The number of hydrogen-bond donors (Lipinski definition) is 1. The maximum absolute atomic E-state index is 12.4. The van der Waals surface area contributed by atoms with Gasteiger partial charge in [0.2, 0.25) is 0 Å². The molecular weight excluding hydrogens is 274 g/mol. The van der Waals surface area contributed by atoms with Crippen molar-refractivity contribution in [3.05, 3.63) is 26.7 Å². The lowest BCUT2D eigenvalue weighted by Gasteiger charge is -2.14. The summed E-state index contributed by atoms with van der Waals surface area (Å²) in [5.74, 6) is 0.664. The third kappa shape index (κ3) is 2.40. The average molecular weight is 295 g/mol. The second kappa shape index (κ2) is 5.82. The summed E-state index contributed by atoms with van der Waals surface area (Å²) in [5.41, 5.74) is 5.76. The van der Waals surface area contributed by atoms with Crippen molar-refractivity contribution in [3.8, 4) is 0 Å². The van der Waals surface area contributed by atoms with E-state index in [-0.39, 0.29) is 11.6 Å². The van der Waals surface area contributed by atoms with Crippen LogP contribution in [0.15, 0.2) is 9.59 Å². The number of ether oxygens (including phenoxy) is 1. The number of rotatable bonds is 5. The van der Waals surface area contributed by atoms with Gasteiger partial charge in [-0.05, 0) is 13.8 Å². The first-order chi connectivity index (χ1) is 9.93. The highest BCUT2D eigenvalue weighted by molar-refractivity contribution is 5.71. The minimum absolute atomic E-state index is 0.0731. The Morgan fingerprint density at radius 1 is 1.38 bits per heavy atom. The van der Waals surface area contributed by atoms with E-state index in [2.05, 4.69) is 4.98 Å². The van der Waals surface area contributed by atoms with Crippen molar-refractivity contribution in [2.45, 2.75) is 26.4 Å². The van der Waals surface area contributed by atoms with E-state index in [0.29, 0.717) is 36.7 Å². The molecule has 0 radical (unpaired) electrons. The highest BCUT2D eigenvalue weighted by atomic mass is 16.5. The number of imidazole rings is 1. The molecule has 116 valence electrons. The van der Waals surface area contributed by atoms with Crippen molar-refractivity contribution in [2.24, 2.45) is 12.8 Å². The second-order valence-electron chi connectivity index (χ2n) is 5.08. The largest absolute Gasteiger partial charge is 0.383 e. The molecule has 2 rings (SSSR count). The molecule has 8 heteroatoms. The van der Waals surface area contributed by atoms with E-state index in [1.165, 1.54) is 11.6 Å². The zero-order valence-corrected chi connectivity index (χ0v) is 12.8. The lowest BCUT2D eigenvalue weighted by Crippen LogP contribution is -2.39. The van der Waals surface area contributed by atoms with Crippen LogP contribution in [0, 0.1) is 6.92 Å². The number of aryl methyl sites for hydroxylation is 1. The molecule has 2 N–H and O–H groups in total. The maximum atomic E-state index is 12.4.